The zero-order valence-electron chi connectivity index (χ0n) is 15.9. The van der Waals surface area contributed by atoms with Crippen molar-refractivity contribution >= 4 is 28.5 Å². The molecule has 1 amide bonds. The molecule has 1 aliphatic heterocycles. The number of aliphatic hydroxyl groups excluding tert-OH is 1. The van der Waals surface area contributed by atoms with Gasteiger partial charge in [-0.1, -0.05) is 11.8 Å². The highest BCUT2D eigenvalue weighted by molar-refractivity contribution is 8.14. The van der Waals surface area contributed by atoms with Gasteiger partial charge < -0.3 is 20.9 Å². The first-order chi connectivity index (χ1) is 14.7. The van der Waals surface area contributed by atoms with E-state index in [1.54, 1.807) is 0 Å². The van der Waals surface area contributed by atoms with Gasteiger partial charge in [0.1, 0.15) is 28.5 Å². The summed E-state index contributed by atoms with van der Waals surface area (Å²) >= 11 is 0.509. The third-order valence-corrected chi connectivity index (χ3v) is 5.60. The molecule has 1 aromatic carbocycles. The molecular formula is C18H17F4N5O3S. The first kappa shape index (κ1) is 22.7. The van der Waals surface area contributed by atoms with Gasteiger partial charge in [-0.25, -0.2) is 32.5 Å². The lowest BCUT2D eigenvalue weighted by Gasteiger charge is -2.38. The van der Waals surface area contributed by atoms with E-state index in [0.29, 0.717) is 11.8 Å². The number of rotatable bonds is 6. The number of benzene rings is 1. The largest absolute Gasteiger partial charge is 0.445 e. The van der Waals surface area contributed by atoms with Crippen molar-refractivity contribution in [2.24, 2.45) is 10.7 Å². The topological polar surface area (TPSA) is 123 Å². The number of ether oxygens (including phenoxy) is 1. The number of hydrogen-bond acceptors (Lipinski definition) is 8. The number of anilines is 1. The average molecular weight is 459 g/mol. The zero-order valence-corrected chi connectivity index (χ0v) is 16.7. The minimum absolute atomic E-state index is 0.0602. The number of thioether (sulfide) groups is 1. The second-order valence-corrected chi connectivity index (χ2v) is 7.79. The number of amidine groups is 1. The number of carbonyl (C=O) groups excluding carboxylic acids is 1. The van der Waals surface area contributed by atoms with Crippen LogP contribution in [0.3, 0.4) is 0 Å². The number of aliphatic hydroxyl groups is 1. The van der Waals surface area contributed by atoms with Crippen molar-refractivity contribution in [3.8, 4) is 5.88 Å². The van der Waals surface area contributed by atoms with Gasteiger partial charge in [-0.15, -0.1) is 0 Å². The van der Waals surface area contributed by atoms with Crippen molar-refractivity contribution in [2.75, 3.05) is 12.2 Å². The number of nitrogens with zero attached hydrogens (tertiary/aromatic N) is 3. The van der Waals surface area contributed by atoms with E-state index >= 15 is 4.39 Å². The molecule has 3 rings (SSSR count). The number of halogens is 4. The van der Waals surface area contributed by atoms with Gasteiger partial charge in [-0.05, 0) is 25.1 Å². The van der Waals surface area contributed by atoms with E-state index in [-0.39, 0.29) is 28.0 Å². The van der Waals surface area contributed by atoms with Crippen molar-refractivity contribution in [1.82, 2.24) is 9.97 Å². The number of amides is 1. The molecule has 0 aliphatic carbocycles. The Morgan fingerprint density at radius 3 is 2.77 bits per heavy atom. The molecule has 0 spiro atoms. The SMILES string of the molecule is C[C@]1(c2cc(NC(=O)c3cnc(OCF)cn3)ccc2F)N=C(N)S[C@H](C(O)F)[C@@H]1F. The highest BCUT2D eigenvalue weighted by atomic mass is 32.2. The Morgan fingerprint density at radius 2 is 2.16 bits per heavy atom. The van der Waals surface area contributed by atoms with Gasteiger partial charge in [0, 0.05) is 11.3 Å². The number of alkyl halides is 3. The molecular weight excluding hydrogens is 442 g/mol. The maximum atomic E-state index is 15.1. The van der Waals surface area contributed by atoms with E-state index in [1.165, 1.54) is 13.0 Å². The summed E-state index contributed by atoms with van der Waals surface area (Å²) < 4.78 is 59.7. The van der Waals surface area contributed by atoms with Crippen molar-refractivity contribution in [3.63, 3.8) is 0 Å². The van der Waals surface area contributed by atoms with Crippen LogP contribution in [0.5, 0.6) is 5.88 Å². The van der Waals surface area contributed by atoms with Gasteiger partial charge in [0.15, 0.2) is 5.17 Å². The fraction of sp³-hybridized carbons (Fsp3) is 0.333. The summed E-state index contributed by atoms with van der Waals surface area (Å²) in [6, 6.07) is 3.32. The van der Waals surface area contributed by atoms with Crippen molar-refractivity contribution in [2.45, 2.75) is 30.2 Å². The monoisotopic (exact) mass is 459 g/mol. The van der Waals surface area contributed by atoms with Crippen LogP contribution in [-0.2, 0) is 5.54 Å². The summed E-state index contributed by atoms with van der Waals surface area (Å²) in [5.74, 6) is -1.73. The minimum Gasteiger partial charge on any atom is -0.445 e. The number of hydrogen-bond donors (Lipinski definition) is 3. The van der Waals surface area contributed by atoms with E-state index < -0.39 is 41.9 Å². The molecule has 2 aromatic rings. The van der Waals surface area contributed by atoms with E-state index in [9.17, 15) is 23.1 Å². The summed E-state index contributed by atoms with van der Waals surface area (Å²) in [7, 11) is 0. The summed E-state index contributed by atoms with van der Waals surface area (Å²) in [6.07, 6.45) is -2.60. The third-order valence-electron chi connectivity index (χ3n) is 4.53. The van der Waals surface area contributed by atoms with Crippen LogP contribution in [0.15, 0.2) is 35.6 Å². The van der Waals surface area contributed by atoms with Crippen molar-refractivity contribution in [3.05, 3.63) is 47.7 Å². The van der Waals surface area contributed by atoms with Crippen LogP contribution in [-0.4, -0.2) is 50.8 Å². The molecule has 8 nitrogen and oxygen atoms in total. The molecule has 4 N–H and O–H groups in total. The Hall–Kier alpha value is -2.93. The molecule has 166 valence electrons. The van der Waals surface area contributed by atoms with Crippen LogP contribution >= 0.6 is 11.8 Å². The predicted molar refractivity (Wildman–Crippen MR) is 105 cm³/mol. The maximum absolute atomic E-state index is 15.1. The summed E-state index contributed by atoms with van der Waals surface area (Å²) in [6.45, 7) is 0.0947. The lowest BCUT2D eigenvalue weighted by Crippen LogP contribution is -2.48. The number of nitrogens with two attached hydrogens (primary N) is 1. The number of aromatic nitrogens is 2. The second kappa shape index (κ2) is 9.06. The molecule has 0 fully saturated rings. The summed E-state index contributed by atoms with van der Waals surface area (Å²) in [4.78, 5) is 23.8. The highest BCUT2D eigenvalue weighted by Gasteiger charge is 2.49. The predicted octanol–water partition coefficient (Wildman–Crippen LogP) is 2.45. The molecule has 13 heteroatoms. The highest BCUT2D eigenvalue weighted by Crippen LogP contribution is 2.44. The Labute approximate surface area is 177 Å². The molecule has 0 bridgehead atoms. The number of aliphatic imine (C=N–C) groups is 1. The maximum Gasteiger partial charge on any atom is 0.275 e. The Bertz CT molecular complexity index is 995. The molecule has 1 aromatic heterocycles. The van der Waals surface area contributed by atoms with Crippen LogP contribution in [0, 0.1) is 5.82 Å². The van der Waals surface area contributed by atoms with Gasteiger partial charge in [-0.2, -0.15) is 0 Å². The van der Waals surface area contributed by atoms with E-state index in [4.69, 9.17) is 5.73 Å². The molecule has 1 aliphatic rings. The van der Waals surface area contributed by atoms with E-state index in [1.807, 2.05) is 0 Å². The van der Waals surface area contributed by atoms with Crippen LogP contribution < -0.4 is 15.8 Å². The molecule has 0 saturated carbocycles. The van der Waals surface area contributed by atoms with Gasteiger partial charge >= 0.3 is 0 Å². The van der Waals surface area contributed by atoms with Gasteiger partial charge in [0.2, 0.25) is 19.1 Å². The van der Waals surface area contributed by atoms with E-state index in [2.05, 4.69) is 25.0 Å². The van der Waals surface area contributed by atoms with Crippen LogP contribution in [0.1, 0.15) is 23.0 Å². The molecule has 31 heavy (non-hydrogen) atoms. The fourth-order valence-electron chi connectivity index (χ4n) is 2.99. The van der Waals surface area contributed by atoms with Crippen LogP contribution in [0.4, 0.5) is 23.2 Å². The van der Waals surface area contributed by atoms with E-state index in [0.717, 1.165) is 24.5 Å². The molecule has 4 atom stereocenters. The zero-order chi connectivity index (χ0) is 22.8. The summed E-state index contributed by atoms with van der Waals surface area (Å²) in [5.41, 5.74) is 3.30. The first-order valence-electron chi connectivity index (χ1n) is 8.76. The fourth-order valence-corrected chi connectivity index (χ4v) is 4.01. The summed E-state index contributed by atoms with van der Waals surface area (Å²) in [5, 5.41) is 9.84. The van der Waals surface area contributed by atoms with Gasteiger partial charge in [0.05, 0.1) is 12.4 Å². The third kappa shape index (κ3) is 4.71. The van der Waals surface area contributed by atoms with Gasteiger partial charge in [-0.3, -0.25) is 4.79 Å². The normalized spacial score (nSPS) is 24.3. The van der Waals surface area contributed by atoms with Gasteiger partial charge in [0.25, 0.3) is 5.91 Å². The van der Waals surface area contributed by atoms with Crippen molar-refractivity contribution in [1.29, 1.82) is 0 Å². The molecule has 0 radical (unpaired) electrons. The molecule has 1 unspecified atom stereocenters. The van der Waals surface area contributed by atoms with Crippen LogP contribution in [0.25, 0.3) is 0 Å². The van der Waals surface area contributed by atoms with Crippen LogP contribution in [0.2, 0.25) is 0 Å². The quantitative estimate of drug-likeness (QED) is 0.567. The Morgan fingerprint density at radius 1 is 1.42 bits per heavy atom. The Kier molecular flexibility index (Phi) is 6.65. The van der Waals surface area contributed by atoms with Crippen molar-refractivity contribution < 1.29 is 32.2 Å². The average Bonchev–Trinajstić information content (AvgIpc) is 2.72. The standard InChI is InChI=1S/C18H17F4N5O3S/c1-18(14(21)13(15(22)28)31-17(23)27-18)9-4-8(2-3-10(9)20)26-16(29)11-5-25-12(6-24-11)30-7-19/h2-6,13-15,28H,7H2,1H3,(H2,23,27)(H,26,29)/t13-,14-,15?,18+/m0/s1. The first-order valence-corrected chi connectivity index (χ1v) is 9.64. The smallest absolute Gasteiger partial charge is 0.275 e. The molecule has 0 saturated heterocycles. The lowest BCUT2D eigenvalue weighted by atomic mass is 9.85. The minimum atomic E-state index is -2.55. The number of carbonyl (C=O) groups is 1. The number of nitrogens with one attached hydrogen (secondary N) is 1. The second-order valence-electron chi connectivity index (χ2n) is 6.60. The lowest BCUT2D eigenvalue weighted by molar-refractivity contribution is 0.00642. The molecule has 2 heterocycles. The Balaban J connectivity index is 1.89.